The van der Waals surface area contributed by atoms with Gasteiger partial charge in [-0.05, 0) is 6.42 Å². The molecule has 2 fully saturated rings. The minimum absolute atomic E-state index is 0.0300. The SMILES string of the molecule is CC(C)(C)c1cc(N2CCN(C3CCS(=O)(=O)C3)CC2)nc(C(C)(C)C)n1. The van der Waals surface area contributed by atoms with Crippen LogP contribution in [0.4, 0.5) is 5.82 Å². The molecular weight excluding hydrogens is 360 g/mol. The molecule has 1 unspecified atom stereocenters. The van der Waals surface area contributed by atoms with Crippen LogP contribution in [0.2, 0.25) is 0 Å². The summed E-state index contributed by atoms with van der Waals surface area (Å²) in [5.41, 5.74) is 0.940. The maximum atomic E-state index is 11.8. The number of rotatable bonds is 2. The third kappa shape index (κ3) is 4.80. The van der Waals surface area contributed by atoms with E-state index in [1.165, 1.54) is 0 Å². The number of aromatic nitrogens is 2. The molecule has 1 aromatic heterocycles. The summed E-state index contributed by atoms with van der Waals surface area (Å²) in [6.45, 7) is 16.5. The maximum absolute atomic E-state index is 11.8. The molecule has 3 heterocycles. The van der Waals surface area contributed by atoms with Crippen LogP contribution in [0.25, 0.3) is 0 Å². The van der Waals surface area contributed by atoms with Gasteiger partial charge in [-0.1, -0.05) is 41.5 Å². The molecule has 2 aliphatic rings. The number of sulfone groups is 1. The van der Waals surface area contributed by atoms with Crippen LogP contribution < -0.4 is 4.90 Å². The molecule has 0 aromatic carbocycles. The van der Waals surface area contributed by atoms with Crippen molar-refractivity contribution in [1.82, 2.24) is 14.9 Å². The molecule has 27 heavy (non-hydrogen) atoms. The molecule has 7 heteroatoms. The van der Waals surface area contributed by atoms with Gasteiger partial charge in [0.15, 0.2) is 9.84 Å². The minimum Gasteiger partial charge on any atom is -0.354 e. The van der Waals surface area contributed by atoms with E-state index in [4.69, 9.17) is 9.97 Å². The van der Waals surface area contributed by atoms with Crippen molar-refractivity contribution in [3.05, 3.63) is 17.6 Å². The fraction of sp³-hybridized carbons (Fsp3) is 0.800. The van der Waals surface area contributed by atoms with E-state index >= 15 is 0 Å². The Morgan fingerprint density at radius 3 is 2.07 bits per heavy atom. The highest BCUT2D eigenvalue weighted by Gasteiger charge is 2.34. The van der Waals surface area contributed by atoms with E-state index in [1.54, 1.807) is 0 Å². The summed E-state index contributed by atoms with van der Waals surface area (Å²) in [4.78, 5) is 14.4. The van der Waals surface area contributed by atoms with Crippen LogP contribution in [0, 0.1) is 0 Å². The highest BCUT2D eigenvalue weighted by molar-refractivity contribution is 7.91. The minimum atomic E-state index is -2.83. The van der Waals surface area contributed by atoms with Gasteiger partial charge in [-0.25, -0.2) is 18.4 Å². The van der Waals surface area contributed by atoms with Crippen LogP contribution in [0.1, 0.15) is 59.5 Å². The van der Waals surface area contributed by atoms with Crippen LogP contribution in [-0.2, 0) is 20.7 Å². The van der Waals surface area contributed by atoms with Gasteiger partial charge in [0.05, 0.1) is 17.2 Å². The summed E-state index contributed by atoms with van der Waals surface area (Å²) in [7, 11) is -2.83. The predicted octanol–water partition coefficient (Wildman–Crippen LogP) is 2.38. The van der Waals surface area contributed by atoms with E-state index in [0.717, 1.165) is 49.9 Å². The first-order valence-corrected chi connectivity index (χ1v) is 11.8. The Morgan fingerprint density at radius 2 is 1.59 bits per heavy atom. The molecule has 1 atom stereocenters. The predicted molar refractivity (Wildman–Crippen MR) is 110 cm³/mol. The van der Waals surface area contributed by atoms with Gasteiger partial charge in [-0.2, -0.15) is 0 Å². The Balaban J connectivity index is 1.77. The van der Waals surface area contributed by atoms with E-state index < -0.39 is 9.84 Å². The Morgan fingerprint density at radius 1 is 0.963 bits per heavy atom. The molecule has 3 rings (SSSR count). The van der Waals surface area contributed by atoms with Crippen LogP contribution in [0.5, 0.6) is 0 Å². The average molecular weight is 395 g/mol. The summed E-state index contributed by atoms with van der Waals surface area (Å²) in [5.74, 6) is 2.55. The van der Waals surface area contributed by atoms with E-state index in [1.807, 2.05) is 0 Å². The molecule has 2 saturated heterocycles. The lowest BCUT2D eigenvalue weighted by atomic mass is 9.90. The van der Waals surface area contributed by atoms with Crippen LogP contribution in [0.3, 0.4) is 0 Å². The fourth-order valence-electron chi connectivity index (χ4n) is 3.70. The summed E-state index contributed by atoms with van der Waals surface area (Å²) in [6, 6.07) is 2.32. The lowest BCUT2D eigenvalue weighted by molar-refractivity contribution is 0.200. The second-order valence-corrected chi connectivity index (χ2v) is 12.2. The van der Waals surface area contributed by atoms with Gasteiger partial charge in [0.25, 0.3) is 0 Å². The second-order valence-electron chi connectivity index (χ2n) is 10.0. The molecule has 0 saturated carbocycles. The molecule has 2 aliphatic heterocycles. The lowest BCUT2D eigenvalue weighted by Crippen LogP contribution is -2.51. The first kappa shape index (κ1) is 20.5. The lowest BCUT2D eigenvalue weighted by Gasteiger charge is -2.38. The Bertz CT molecular complexity index is 753. The molecule has 0 radical (unpaired) electrons. The van der Waals surface area contributed by atoms with Crippen LogP contribution >= 0.6 is 0 Å². The number of hydrogen-bond acceptors (Lipinski definition) is 6. The highest BCUT2D eigenvalue weighted by Crippen LogP contribution is 2.29. The Hall–Kier alpha value is -1.21. The van der Waals surface area contributed by atoms with Gasteiger partial charge in [-0.15, -0.1) is 0 Å². The Kier molecular flexibility index (Phi) is 5.32. The largest absolute Gasteiger partial charge is 0.354 e. The maximum Gasteiger partial charge on any atom is 0.151 e. The van der Waals surface area contributed by atoms with E-state index in [9.17, 15) is 8.42 Å². The van der Waals surface area contributed by atoms with Crippen molar-refractivity contribution in [2.24, 2.45) is 0 Å². The molecule has 0 N–H and O–H groups in total. The molecule has 0 spiro atoms. The molecular formula is C20H34N4O2S. The monoisotopic (exact) mass is 394 g/mol. The number of anilines is 1. The van der Waals surface area contributed by atoms with Crippen molar-refractivity contribution in [3.8, 4) is 0 Å². The third-order valence-corrected chi connectivity index (χ3v) is 7.27. The van der Waals surface area contributed by atoms with Crippen molar-refractivity contribution in [1.29, 1.82) is 0 Å². The third-order valence-electron chi connectivity index (χ3n) is 5.51. The summed E-state index contributed by atoms with van der Waals surface area (Å²) >= 11 is 0. The molecule has 0 bridgehead atoms. The van der Waals surface area contributed by atoms with Crippen molar-refractivity contribution in [2.45, 2.75) is 64.8 Å². The van der Waals surface area contributed by atoms with E-state index in [0.29, 0.717) is 11.5 Å². The Labute approximate surface area is 164 Å². The van der Waals surface area contributed by atoms with Gasteiger partial charge in [0.2, 0.25) is 0 Å². The smallest absolute Gasteiger partial charge is 0.151 e. The summed E-state index contributed by atoms with van der Waals surface area (Å²) < 4.78 is 23.6. The summed E-state index contributed by atoms with van der Waals surface area (Å²) in [6.07, 6.45) is 0.776. The number of nitrogens with zero attached hydrogens (tertiary/aromatic N) is 4. The van der Waals surface area contributed by atoms with Gasteiger partial charge in [0.1, 0.15) is 11.6 Å². The van der Waals surface area contributed by atoms with Gasteiger partial charge in [-0.3, -0.25) is 4.90 Å². The van der Waals surface area contributed by atoms with Crippen molar-refractivity contribution in [3.63, 3.8) is 0 Å². The van der Waals surface area contributed by atoms with Gasteiger partial charge in [0, 0.05) is 49.1 Å². The van der Waals surface area contributed by atoms with Crippen molar-refractivity contribution in [2.75, 3.05) is 42.6 Å². The molecule has 1 aromatic rings. The fourth-order valence-corrected chi connectivity index (χ4v) is 5.46. The van der Waals surface area contributed by atoms with Crippen LogP contribution in [-0.4, -0.2) is 67.0 Å². The molecule has 0 amide bonds. The number of piperazine rings is 1. The van der Waals surface area contributed by atoms with Crippen molar-refractivity contribution < 1.29 is 8.42 Å². The van der Waals surface area contributed by atoms with Gasteiger partial charge < -0.3 is 4.90 Å². The normalized spacial score (nSPS) is 24.4. The average Bonchev–Trinajstić information content (AvgIpc) is 2.93. The highest BCUT2D eigenvalue weighted by atomic mass is 32.2. The zero-order chi connectivity index (χ0) is 20.0. The van der Waals surface area contributed by atoms with Gasteiger partial charge >= 0.3 is 0 Å². The zero-order valence-corrected chi connectivity index (χ0v) is 18.4. The molecule has 6 nitrogen and oxygen atoms in total. The first-order valence-electron chi connectivity index (χ1n) is 9.95. The summed E-state index contributed by atoms with van der Waals surface area (Å²) in [5, 5.41) is 0. The number of hydrogen-bond donors (Lipinski definition) is 0. The standard InChI is InChI=1S/C20H34N4O2S/c1-19(2,3)16-13-17(22-18(21-16)20(4,5)6)24-10-8-23(9-11-24)15-7-12-27(25,26)14-15/h13,15H,7-12,14H2,1-6H3. The van der Waals surface area contributed by atoms with Crippen LogP contribution in [0.15, 0.2) is 6.07 Å². The van der Waals surface area contributed by atoms with E-state index in [-0.39, 0.29) is 16.9 Å². The second kappa shape index (κ2) is 6.99. The van der Waals surface area contributed by atoms with E-state index in [2.05, 4.69) is 57.4 Å². The quantitative estimate of drug-likeness (QED) is 0.767. The zero-order valence-electron chi connectivity index (χ0n) is 17.6. The molecule has 152 valence electrons. The molecule has 0 aliphatic carbocycles. The van der Waals surface area contributed by atoms with Crippen molar-refractivity contribution >= 4 is 15.7 Å². The topological polar surface area (TPSA) is 66.4 Å². The first-order chi connectivity index (χ1) is 12.4.